The van der Waals surface area contributed by atoms with Gasteiger partial charge in [0.2, 0.25) is 0 Å². The maximum atomic E-state index is 5.97. The van der Waals surface area contributed by atoms with Gasteiger partial charge in [-0.15, -0.1) is 10.2 Å². The van der Waals surface area contributed by atoms with Crippen molar-refractivity contribution in [3.8, 4) is 22.6 Å². The van der Waals surface area contributed by atoms with Gasteiger partial charge in [-0.1, -0.05) is 23.2 Å². The third-order valence-electron chi connectivity index (χ3n) is 2.93. The lowest BCUT2D eigenvalue weighted by Crippen LogP contribution is -1.97. The van der Waals surface area contributed by atoms with Crippen LogP contribution >= 0.6 is 23.2 Å². The van der Waals surface area contributed by atoms with Gasteiger partial charge in [-0.25, -0.2) is 4.98 Å². The minimum absolute atomic E-state index is 0.331. The van der Waals surface area contributed by atoms with Gasteiger partial charge >= 0.3 is 0 Å². The van der Waals surface area contributed by atoms with E-state index in [1.54, 1.807) is 29.3 Å². The Kier molecular flexibility index (Phi) is 3.19. The second-order valence-corrected chi connectivity index (χ2v) is 5.07. The van der Waals surface area contributed by atoms with Crippen LogP contribution < -0.4 is 0 Å². The smallest absolute Gasteiger partial charge is 0.167 e. The normalized spacial score (nSPS) is 11.0. The molecule has 102 valence electrons. The van der Waals surface area contributed by atoms with Gasteiger partial charge in [0.1, 0.15) is 16.6 Å². The minimum atomic E-state index is 0.331. The maximum Gasteiger partial charge on any atom is 0.167 e. The summed E-state index contributed by atoms with van der Waals surface area (Å²) in [7, 11) is 3.72. The van der Waals surface area contributed by atoms with Crippen molar-refractivity contribution in [1.82, 2.24) is 29.5 Å². The predicted octanol–water partition coefficient (Wildman–Crippen LogP) is 2.58. The van der Waals surface area contributed by atoms with Crippen LogP contribution in [-0.4, -0.2) is 29.5 Å². The second kappa shape index (κ2) is 4.88. The predicted molar refractivity (Wildman–Crippen MR) is 76.5 cm³/mol. The molecule has 3 aromatic heterocycles. The summed E-state index contributed by atoms with van der Waals surface area (Å²) in [6.07, 6.45) is 3.38. The molecule has 0 amide bonds. The average Bonchev–Trinajstić information content (AvgIpc) is 2.93. The number of aryl methyl sites for hydroxylation is 2. The van der Waals surface area contributed by atoms with E-state index in [0.29, 0.717) is 10.3 Å². The first-order valence-corrected chi connectivity index (χ1v) is 6.51. The molecule has 0 saturated heterocycles. The lowest BCUT2D eigenvalue weighted by molar-refractivity contribution is 0.775. The first-order valence-electron chi connectivity index (χ1n) is 5.76. The summed E-state index contributed by atoms with van der Waals surface area (Å²) in [5.41, 5.74) is 2.53. The van der Waals surface area contributed by atoms with Crippen molar-refractivity contribution in [3.05, 3.63) is 35.0 Å². The van der Waals surface area contributed by atoms with Gasteiger partial charge in [-0.05, 0) is 12.1 Å². The van der Waals surface area contributed by atoms with Crippen LogP contribution in [0, 0.1) is 0 Å². The van der Waals surface area contributed by atoms with E-state index in [2.05, 4.69) is 20.3 Å². The molecule has 0 N–H and O–H groups in total. The number of aromatic nitrogens is 6. The van der Waals surface area contributed by atoms with E-state index in [-0.39, 0.29) is 0 Å². The highest BCUT2D eigenvalue weighted by Gasteiger charge is 2.17. The SMILES string of the molecule is Cn1cnnc1-c1cnn(C)c1-c1cc(Cl)nc(Cl)c1. The van der Waals surface area contributed by atoms with Gasteiger partial charge in [0.15, 0.2) is 5.82 Å². The zero-order chi connectivity index (χ0) is 14.3. The Bertz CT molecular complexity index is 756. The van der Waals surface area contributed by atoms with Crippen molar-refractivity contribution in [2.45, 2.75) is 0 Å². The van der Waals surface area contributed by atoms with Gasteiger partial charge in [0, 0.05) is 19.7 Å². The van der Waals surface area contributed by atoms with Crippen LogP contribution in [0.5, 0.6) is 0 Å². The molecule has 0 aromatic carbocycles. The summed E-state index contributed by atoms with van der Waals surface area (Å²) in [6.45, 7) is 0. The highest BCUT2D eigenvalue weighted by Crippen LogP contribution is 2.32. The molecule has 0 bridgehead atoms. The number of hydrogen-bond donors (Lipinski definition) is 0. The highest BCUT2D eigenvalue weighted by molar-refractivity contribution is 6.32. The minimum Gasteiger partial charge on any atom is -0.317 e. The third-order valence-corrected chi connectivity index (χ3v) is 3.31. The van der Waals surface area contributed by atoms with Crippen molar-refractivity contribution in [2.24, 2.45) is 14.1 Å². The monoisotopic (exact) mass is 308 g/mol. The fourth-order valence-electron chi connectivity index (χ4n) is 2.07. The lowest BCUT2D eigenvalue weighted by Gasteiger charge is -2.07. The molecule has 0 fully saturated rings. The molecule has 20 heavy (non-hydrogen) atoms. The third kappa shape index (κ3) is 2.17. The first kappa shape index (κ1) is 13.1. The molecule has 0 radical (unpaired) electrons. The second-order valence-electron chi connectivity index (χ2n) is 4.30. The highest BCUT2D eigenvalue weighted by atomic mass is 35.5. The molecule has 6 nitrogen and oxygen atoms in total. The van der Waals surface area contributed by atoms with Gasteiger partial charge < -0.3 is 4.57 Å². The zero-order valence-electron chi connectivity index (χ0n) is 10.7. The quantitative estimate of drug-likeness (QED) is 0.683. The lowest BCUT2D eigenvalue weighted by atomic mass is 10.1. The molecule has 3 aromatic rings. The van der Waals surface area contributed by atoms with Gasteiger partial charge in [0.25, 0.3) is 0 Å². The standard InChI is InChI=1S/C12H10Cl2N6/c1-19-6-15-18-12(19)8-5-16-20(2)11(8)7-3-9(13)17-10(14)4-7/h3-6H,1-2H3. The molecule has 0 aliphatic rings. The summed E-state index contributed by atoms with van der Waals surface area (Å²) < 4.78 is 3.57. The molecular formula is C12H10Cl2N6. The number of halogens is 2. The topological polar surface area (TPSA) is 61.4 Å². The number of pyridine rings is 1. The molecule has 0 spiro atoms. The first-order chi connectivity index (χ1) is 9.56. The van der Waals surface area contributed by atoms with Crippen molar-refractivity contribution < 1.29 is 0 Å². The zero-order valence-corrected chi connectivity index (χ0v) is 12.3. The summed E-state index contributed by atoms with van der Waals surface area (Å²) >= 11 is 11.9. The van der Waals surface area contributed by atoms with E-state index >= 15 is 0 Å². The summed E-state index contributed by atoms with van der Waals surface area (Å²) in [6, 6.07) is 3.48. The van der Waals surface area contributed by atoms with E-state index in [1.165, 1.54) is 0 Å². The molecule has 0 unspecified atom stereocenters. The average molecular weight is 309 g/mol. The maximum absolute atomic E-state index is 5.97. The number of hydrogen-bond acceptors (Lipinski definition) is 4. The molecule has 0 aliphatic carbocycles. The van der Waals surface area contributed by atoms with Crippen molar-refractivity contribution >= 4 is 23.2 Å². The van der Waals surface area contributed by atoms with Crippen LogP contribution in [0.4, 0.5) is 0 Å². The van der Waals surface area contributed by atoms with Crippen molar-refractivity contribution in [1.29, 1.82) is 0 Å². The Hall–Kier alpha value is -1.92. The van der Waals surface area contributed by atoms with E-state index in [4.69, 9.17) is 23.2 Å². The van der Waals surface area contributed by atoms with Crippen molar-refractivity contribution in [2.75, 3.05) is 0 Å². The van der Waals surface area contributed by atoms with Gasteiger partial charge in [-0.3, -0.25) is 4.68 Å². The number of rotatable bonds is 2. The molecule has 8 heteroatoms. The molecule has 0 aliphatic heterocycles. The molecule has 0 atom stereocenters. The summed E-state index contributed by atoms with van der Waals surface area (Å²) in [4.78, 5) is 3.95. The van der Waals surface area contributed by atoms with Gasteiger partial charge in [-0.2, -0.15) is 5.10 Å². The van der Waals surface area contributed by atoms with E-state index in [9.17, 15) is 0 Å². The van der Waals surface area contributed by atoms with Crippen LogP contribution in [0.15, 0.2) is 24.7 Å². The molecular weight excluding hydrogens is 299 g/mol. The molecule has 0 saturated carbocycles. The Morgan fingerprint density at radius 3 is 2.40 bits per heavy atom. The molecule has 3 heterocycles. The van der Waals surface area contributed by atoms with E-state index < -0.39 is 0 Å². The van der Waals surface area contributed by atoms with Crippen LogP contribution in [0.2, 0.25) is 10.3 Å². The number of nitrogens with zero attached hydrogens (tertiary/aromatic N) is 6. The summed E-state index contributed by atoms with van der Waals surface area (Å²) in [5, 5.41) is 12.9. The Balaban J connectivity index is 2.24. The van der Waals surface area contributed by atoms with Crippen molar-refractivity contribution in [3.63, 3.8) is 0 Å². The Morgan fingerprint density at radius 2 is 1.80 bits per heavy atom. The van der Waals surface area contributed by atoms with Crippen LogP contribution in [0.25, 0.3) is 22.6 Å². The Labute approximate surface area is 125 Å². The summed E-state index contributed by atoms with van der Waals surface area (Å²) in [5.74, 6) is 0.720. The largest absolute Gasteiger partial charge is 0.317 e. The van der Waals surface area contributed by atoms with Crippen LogP contribution in [-0.2, 0) is 14.1 Å². The fraction of sp³-hybridized carbons (Fsp3) is 0.167. The fourth-order valence-corrected chi connectivity index (χ4v) is 2.53. The molecule has 3 rings (SSSR count). The van der Waals surface area contributed by atoms with E-state index in [0.717, 1.165) is 22.6 Å². The Morgan fingerprint density at radius 1 is 1.10 bits per heavy atom. The van der Waals surface area contributed by atoms with E-state index in [1.807, 2.05) is 18.7 Å². The van der Waals surface area contributed by atoms with Crippen LogP contribution in [0.3, 0.4) is 0 Å². The van der Waals surface area contributed by atoms with Crippen LogP contribution in [0.1, 0.15) is 0 Å². The van der Waals surface area contributed by atoms with Gasteiger partial charge in [0.05, 0.1) is 17.5 Å².